The van der Waals surface area contributed by atoms with Gasteiger partial charge in [-0.05, 0) is 37.8 Å². The van der Waals surface area contributed by atoms with E-state index in [1.807, 2.05) is 0 Å². The van der Waals surface area contributed by atoms with Crippen LogP contribution in [0.2, 0.25) is 0 Å². The smallest absolute Gasteiger partial charge is 0.257 e. The third-order valence-electron chi connectivity index (χ3n) is 5.52. The van der Waals surface area contributed by atoms with Crippen LogP contribution in [0.5, 0.6) is 0 Å². The Hall–Kier alpha value is -2.90. The zero-order valence-electron chi connectivity index (χ0n) is 15.8. The first-order chi connectivity index (χ1) is 13.7. The number of amides is 2. The Labute approximate surface area is 163 Å². The average Bonchev–Trinajstić information content (AvgIpc) is 3.29. The van der Waals surface area contributed by atoms with E-state index in [0.29, 0.717) is 37.4 Å². The van der Waals surface area contributed by atoms with Gasteiger partial charge in [0.15, 0.2) is 0 Å². The summed E-state index contributed by atoms with van der Waals surface area (Å²) in [5.41, 5.74) is 0.563. The molecule has 2 aromatic rings. The molecule has 4 rings (SSSR count). The highest BCUT2D eigenvalue weighted by Crippen LogP contribution is 2.21. The molecule has 2 amide bonds. The lowest BCUT2D eigenvalue weighted by Crippen LogP contribution is -2.51. The second-order valence-electron chi connectivity index (χ2n) is 7.42. The topological polar surface area (TPSA) is 91.6 Å². The molecular weight excluding hydrogens is 358 g/mol. The van der Waals surface area contributed by atoms with E-state index in [1.165, 1.54) is 12.5 Å². The van der Waals surface area contributed by atoms with E-state index in [1.54, 1.807) is 29.4 Å². The normalized spacial score (nSPS) is 20.8. The Morgan fingerprint density at radius 3 is 2.61 bits per heavy atom. The number of aromatic nitrogens is 2. The molecule has 0 bridgehead atoms. The number of anilines is 1. The maximum absolute atomic E-state index is 12.7. The average molecular weight is 383 g/mol. The fourth-order valence-electron chi connectivity index (χ4n) is 3.96. The van der Waals surface area contributed by atoms with Gasteiger partial charge in [0.2, 0.25) is 11.9 Å². The van der Waals surface area contributed by atoms with E-state index in [0.717, 1.165) is 25.9 Å². The molecule has 2 aliphatic rings. The van der Waals surface area contributed by atoms with E-state index in [-0.39, 0.29) is 23.8 Å². The number of hydrogen-bond acceptors (Lipinski definition) is 6. The Morgan fingerprint density at radius 2 is 1.89 bits per heavy atom. The predicted molar refractivity (Wildman–Crippen MR) is 103 cm³/mol. The molecule has 8 nitrogen and oxygen atoms in total. The first kappa shape index (κ1) is 18.5. The van der Waals surface area contributed by atoms with Crippen LogP contribution in [0.25, 0.3) is 0 Å². The molecule has 148 valence electrons. The molecular formula is C20H25N5O3. The molecule has 1 unspecified atom stereocenters. The summed E-state index contributed by atoms with van der Waals surface area (Å²) in [4.78, 5) is 37.6. The van der Waals surface area contributed by atoms with Crippen LogP contribution in [0.4, 0.5) is 5.95 Å². The lowest BCUT2D eigenvalue weighted by atomic mass is 9.94. The summed E-state index contributed by atoms with van der Waals surface area (Å²) in [6, 6.07) is 3.58. The van der Waals surface area contributed by atoms with Crippen LogP contribution < -0.4 is 10.2 Å². The zero-order chi connectivity index (χ0) is 19.3. The molecule has 8 heteroatoms. The molecule has 0 saturated carbocycles. The van der Waals surface area contributed by atoms with Crippen molar-refractivity contribution in [2.75, 3.05) is 31.1 Å². The van der Waals surface area contributed by atoms with Gasteiger partial charge in [-0.15, -0.1) is 0 Å². The van der Waals surface area contributed by atoms with Crippen LogP contribution in [-0.2, 0) is 4.79 Å². The molecule has 1 N–H and O–H groups in total. The van der Waals surface area contributed by atoms with Crippen molar-refractivity contribution in [1.29, 1.82) is 0 Å². The van der Waals surface area contributed by atoms with E-state index >= 15 is 0 Å². The Morgan fingerprint density at radius 1 is 1.11 bits per heavy atom. The number of furan rings is 1. The summed E-state index contributed by atoms with van der Waals surface area (Å²) < 4.78 is 4.99. The van der Waals surface area contributed by atoms with Gasteiger partial charge in [-0.3, -0.25) is 9.59 Å². The van der Waals surface area contributed by atoms with Gasteiger partial charge in [0.05, 0.1) is 11.8 Å². The lowest BCUT2D eigenvalue weighted by Gasteiger charge is -2.35. The first-order valence-electron chi connectivity index (χ1n) is 9.84. The third kappa shape index (κ3) is 4.16. The summed E-state index contributed by atoms with van der Waals surface area (Å²) >= 11 is 0. The number of carbonyl (C=O) groups excluding carboxylic acids is 2. The van der Waals surface area contributed by atoms with Gasteiger partial charge >= 0.3 is 0 Å². The van der Waals surface area contributed by atoms with Gasteiger partial charge in [0, 0.05) is 50.5 Å². The maximum Gasteiger partial charge on any atom is 0.257 e. The van der Waals surface area contributed by atoms with E-state index in [9.17, 15) is 9.59 Å². The van der Waals surface area contributed by atoms with Crippen molar-refractivity contribution in [3.63, 3.8) is 0 Å². The van der Waals surface area contributed by atoms with Crippen molar-refractivity contribution in [1.82, 2.24) is 20.2 Å². The molecule has 1 atom stereocenters. The van der Waals surface area contributed by atoms with E-state index < -0.39 is 0 Å². The second kappa shape index (κ2) is 8.41. The van der Waals surface area contributed by atoms with Crippen LogP contribution >= 0.6 is 0 Å². The molecule has 0 radical (unpaired) electrons. The molecule has 2 saturated heterocycles. The summed E-state index contributed by atoms with van der Waals surface area (Å²) in [6.07, 6.45) is 9.79. The van der Waals surface area contributed by atoms with Crippen molar-refractivity contribution in [3.8, 4) is 0 Å². The van der Waals surface area contributed by atoms with Crippen molar-refractivity contribution in [2.24, 2.45) is 5.92 Å². The molecule has 2 aliphatic heterocycles. The quantitative estimate of drug-likeness (QED) is 0.864. The number of carbonyl (C=O) groups is 2. The van der Waals surface area contributed by atoms with Crippen molar-refractivity contribution in [2.45, 2.75) is 31.7 Å². The van der Waals surface area contributed by atoms with Crippen LogP contribution in [0.3, 0.4) is 0 Å². The number of rotatable bonds is 4. The fraction of sp³-hybridized carbons (Fsp3) is 0.500. The van der Waals surface area contributed by atoms with Crippen LogP contribution in [0, 0.1) is 5.92 Å². The standard InChI is InChI=1S/C20H25N5O3/c26-18(15-4-10-24(11-5-15)19(27)16-6-12-28-14-16)23-17-3-1-9-25(13-17)20-21-7-2-8-22-20/h2,6-8,12,14-15,17H,1,3-5,9-11,13H2,(H,23,26). The van der Waals surface area contributed by atoms with Gasteiger partial charge in [-0.25, -0.2) is 9.97 Å². The third-order valence-corrected chi connectivity index (χ3v) is 5.52. The number of nitrogens with zero attached hydrogens (tertiary/aromatic N) is 4. The predicted octanol–water partition coefficient (Wildman–Crippen LogP) is 1.71. The molecule has 2 aromatic heterocycles. The summed E-state index contributed by atoms with van der Waals surface area (Å²) in [7, 11) is 0. The highest BCUT2D eigenvalue weighted by molar-refractivity contribution is 5.94. The Balaban J connectivity index is 1.27. The lowest BCUT2D eigenvalue weighted by molar-refractivity contribution is -0.127. The minimum atomic E-state index is -0.0447. The minimum absolute atomic E-state index is 0.0293. The monoisotopic (exact) mass is 383 g/mol. The maximum atomic E-state index is 12.7. The SMILES string of the molecule is O=C(NC1CCCN(c2ncccn2)C1)C1CCN(C(=O)c2ccoc2)CC1. The second-order valence-corrected chi connectivity index (χ2v) is 7.42. The molecule has 0 aliphatic carbocycles. The summed E-state index contributed by atoms with van der Waals surface area (Å²) in [5.74, 6) is 0.735. The summed E-state index contributed by atoms with van der Waals surface area (Å²) in [5, 5.41) is 3.21. The molecule has 0 aromatic carbocycles. The van der Waals surface area contributed by atoms with E-state index in [2.05, 4.69) is 20.2 Å². The summed E-state index contributed by atoms with van der Waals surface area (Å²) in [6.45, 7) is 2.83. The molecule has 2 fully saturated rings. The van der Waals surface area contributed by atoms with E-state index in [4.69, 9.17) is 4.42 Å². The molecule has 4 heterocycles. The van der Waals surface area contributed by atoms with Crippen molar-refractivity contribution < 1.29 is 14.0 Å². The number of likely N-dealkylation sites (tertiary alicyclic amines) is 1. The molecule has 0 spiro atoms. The van der Waals surface area contributed by atoms with Crippen LogP contribution in [0.1, 0.15) is 36.0 Å². The largest absolute Gasteiger partial charge is 0.472 e. The Kier molecular flexibility index (Phi) is 5.55. The highest BCUT2D eigenvalue weighted by Gasteiger charge is 2.30. The zero-order valence-corrected chi connectivity index (χ0v) is 15.8. The van der Waals surface area contributed by atoms with Gasteiger partial charge in [-0.2, -0.15) is 0 Å². The van der Waals surface area contributed by atoms with Gasteiger partial charge in [-0.1, -0.05) is 0 Å². The first-order valence-corrected chi connectivity index (χ1v) is 9.84. The molecule has 28 heavy (non-hydrogen) atoms. The van der Waals surface area contributed by atoms with Gasteiger partial charge < -0.3 is 19.5 Å². The highest BCUT2D eigenvalue weighted by atomic mass is 16.3. The van der Waals surface area contributed by atoms with Gasteiger partial charge in [0.25, 0.3) is 5.91 Å². The van der Waals surface area contributed by atoms with Crippen molar-refractivity contribution in [3.05, 3.63) is 42.6 Å². The number of nitrogens with one attached hydrogen (secondary N) is 1. The minimum Gasteiger partial charge on any atom is -0.472 e. The Bertz CT molecular complexity index is 787. The number of piperidine rings is 2. The number of hydrogen-bond donors (Lipinski definition) is 1. The van der Waals surface area contributed by atoms with Crippen LogP contribution in [-0.4, -0.2) is 58.9 Å². The van der Waals surface area contributed by atoms with Crippen LogP contribution in [0.15, 0.2) is 41.5 Å². The van der Waals surface area contributed by atoms with Gasteiger partial charge in [0.1, 0.15) is 6.26 Å². The fourth-order valence-corrected chi connectivity index (χ4v) is 3.96. The van der Waals surface area contributed by atoms with Crippen molar-refractivity contribution >= 4 is 17.8 Å².